The molecule has 0 radical (unpaired) electrons. The van der Waals surface area contributed by atoms with Crippen molar-refractivity contribution in [3.05, 3.63) is 56.1 Å². The van der Waals surface area contributed by atoms with Crippen molar-refractivity contribution < 1.29 is 13.6 Å². The maximum atomic E-state index is 13.9. The monoisotopic (exact) mass is 310 g/mol. The van der Waals surface area contributed by atoms with Crippen LogP contribution in [0.3, 0.4) is 0 Å². The Morgan fingerprint density at radius 1 is 1.38 bits per heavy atom. The fourth-order valence-corrected chi connectivity index (χ4v) is 2.05. The van der Waals surface area contributed by atoms with Gasteiger partial charge in [-0.05, 0) is 26.3 Å². The number of nitrogens with zero attached hydrogens (tertiary/aromatic N) is 1. The van der Waals surface area contributed by atoms with Gasteiger partial charge in [0.1, 0.15) is 17.1 Å². The van der Waals surface area contributed by atoms with Crippen molar-refractivity contribution in [3.63, 3.8) is 0 Å². The molecule has 0 aliphatic heterocycles. The van der Waals surface area contributed by atoms with Crippen molar-refractivity contribution in [3.8, 4) is 0 Å². The van der Waals surface area contributed by atoms with Crippen LogP contribution in [0.15, 0.2) is 21.5 Å². The zero-order valence-electron chi connectivity index (χ0n) is 11.6. The van der Waals surface area contributed by atoms with Gasteiger partial charge in [0, 0.05) is 12.3 Å². The Morgan fingerprint density at radius 2 is 2.05 bits per heavy atom. The molecule has 1 N–H and O–H groups in total. The normalized spacial score (nSPS) is 10.5. The maximum absolute atomic E-state index is 13.9. The van der Waals surface area contributed by atoms with Crippen LogP contribution in [-0.2, 0) is 0 Å². The lowest BCUT2D eigenvalue weighted by Gasteiger charge is -2.10. The lowest BCUT2D eigenvalue weighted by molar-refractivity contribution is 0.102. The zero-order valence-corrected chi connectivity index (χ0v) is 12.3. The summed E-state index contributed by atoms with van der Waals surface area (Å²) in [5, 5.41) is 1.98. The van der Waals surface area contributed by atoms with Crippen molar-refractivity contribution in [1.82, 2.24) is 4.98 Å². The minimum atomic E-state index is -0.848. The lowest BCUT2D eigenvalue weighted by Crippen LogP contribution is -2.23. The third kappa shape index (κ3) is 2.95. The Morgan fingerprint density at radius 3 is 2.67 bits per heavy atom. The molecule has 0 aliphatic rings. The first-order chi connectivity index (χ1) is 9.81. The summed E-state index contributed by atoms with van der Waals surface area (Å²) in [6, 6.07) is 1.20. The number of carbonyl (C=O) groups is 1. The number of amides is 1. The Hall–Kier alpha value is -2.21. The summed E-state index contributed by atoms with van der Waals surface area (Å²) >= 11 is 5.58. The zero-order chi connectivity index (χ0) is 15.7. The van der Waals surface area contributed by atoms with E-state index in [0.717, 1.165) is 0 Å². The Bertz CT molecular complexity index is 787. The van der Waals surface area contributed by atoms with Crippen molar-refractivity contribution >= 4 is 23.2 Å². The van der Waals surface area contributed by atoms with E-state index in [1.807, 2.05) is 0 Å². The molecule has 0 aromatic carbocycles. The molecule has 2 rings (SSSR count). The van der Waals surface area contributed by atoms with Crippen molar-refractivity contribution in [2.24, 2.45) is 0 Å². The van der Waals surface area contributed by atoms with Crippen molar-refractivity contribution in [1.29, 1.82) is 0 Å². The lowest BCUT2D eigenvalue weighted by atomic mass is 10.1. The van der Waals surface area contributed by atoms with Crippen molar-refractivity contribution in [2.45, 2.75) is 20.8 Å². The average Bonchev–Trinajstić information content (AvgIpc) is 2.38. The topological polar surface area (TPSA) is 72.2 Å². The Kier molecular flexibility index (Phi) is 4.09. The van der Waals surface area contributed by atoms with Gasteiger partial charge in [-0.15, -0.1) is 0 Å². The summed E-state index contributed by atoms with van der Waals surface area (Å²) < 4.78 is 19.1. The first-order valence-corrected chi connectivity index (χ1v) is 6.42. The summed E-state index contributed by atoms with van der Waals surface area (Å²) in [6.07, 6.45) is 1.32. The summed E-state index contributed by atoms with van der Waals surface area (Å²) in [5.74, 6) is -1.05. The highest BCUT2D eigenvalue weighted by atomic mass is 35.5. The van der Waals surface area contributed by atoms with E-state index >= 15 is 0 Å². The summed E-state index contributed by atoms with van der Waals surface area (Å²) in [6.45, 7) is 4.65. The number of rotatable bonds is 2. The second-order valence-corrected chi connectivity index (χ2v) is 4.89. The van der Waals surface area contributed by atoms with E-state index in [-0.39, 0.29) is 22.2 Å². The molecule has 0 saturated heterocycles. The molecule has 2 aromatic heterocycles. The van der Waals surface area contributed by atoms with Gasteiger partial charge in [-0.2, -0.15) is 0 Å². The van der Waals surface area contributed by atoms with Gasteiger partial charge < -0.3 is 9.73 Å². The first kappa shape index (κ1) is 15.2. The fraction of sp³-hybridized carbons (Fsp3) is 0.214. The van der Waals surface area contributed by atoms with Crippen LogP contribution in [0, 0.1) is 26.6 Å². The van der Waals surface area contributed by atoms with Gasteiger partial charge >= 0.3 is 0 Å². The summed E-state index contributed by atoms with van der Waals surface area (Å²) in [5.41, 5.74) is -0.391. The predicted octanol–water partition coefficient (Wildman–Crippen LogP) is 3.00. The number of aryl methyl sites for hydroxylation is 3. The van der Waals surface area contributed by atoms with E-state index in [1.165, 1.54) is 19.2 Å². The van der Waals surface area contributed by atoms with Gasteiger partial charge in [-0.1, -0.05) is 11.6 Å². The molecule has 7 heteroatoms. The molecule has 0 saturated carbocycles. The van der Waals surface area contributed by atoms with Gasteiger partial charge in [-0.3, -0.25) is 9.59 Å². The van der Waals surface area contributed by atoms with Gasteiger partial charge in [0.25, 0.3) is 5.91 Å². The van der Waals surface area contributed by atoms with Gasteiger partial charge in [0.2, 0.25) is 0 Å². The maximum Gasteiger partial charge on any atom is 0.263 e. The van der Waals surface area contributed by atoms with E-state index in [4.69, 9.17) is 16.0 Å². The number of hydrogen-bond acceptors (Lipinski definition) is 4. The van der Waals surface area contributed by atoms with E-state index in [1.54, 1.807) is 13.8 Å². The van der Waals surface area contributed by atoms with Crippen LogP contribution in [0.4, 0.5) is 10.1 Å². The van der Waals surface area contributed by atoms with Crippen LogP contribution in [0.25, 0.3) is 0 Å². The van der Waals surface area contributed by atoms with Crippen LogP contribution in [-0.4, -0.2) is 10.9 Å². The van der Waals surface area contributed by atoms with Gasteiger partial charge in [0.05, 0.1) is 5.69 Å². The van der Waals surface area contributed by atoms with Crippen molar-refractivity contribution in [2.75, 3.05) is 5.32 Å². The third-order valence-electron chi connectivity index (χ3n) is 2.88. The first-order valence-electron chi connectivity index (χ1n) is 6.04. The number of halogens is 2. The molecule has 0 unspecified atom stereocenters. The van der Waals surface area contributed by atoms with E-state index in [2.05, 4.69) is 10.3 Å². The van der Waals surface area contributed by atoms with Gasteiger partial charge in [0.15, 0.2) is 16.4 Å². The highest BCUT2D eigenvalue weighted by molar-refractivity contribution is 6.30. The number of anilines is 1. The molecule has 0 bridgehead atoms. The standard InChI is InChI=1S/C14H12ClFN2O3/c1-6-5-17-13(15)11(16)12(6)18-14(20)10-8(3)21-7(2)4-9(10)19/h4-5H,1-3H3,(H,17,18,20). The van der Waals surface area contributed by atoms with Gasteiger partial charge in [-0.25, -0.2) is 9.37 Å². The minimum Gasteiger partial charge on any atom is -0.466 e. The van der Waals surface area contributed by atoms with E-state index in [9.17, 15) is 14.0 Å². The third-order valence-corrected chi connectivity index (χ3v) is 3.14. The number of aromatic nitrogens is 1. The molecule has 1 amide bonds. The average molecular weight is 311 g/mol. The SMILES string of the molecule is Cc1cc(=O)c(C(=O)Nc2c(C)cnc(Cl)c2F)c(C)o1. The molecule has 0 spiro atoms. The Labute approximate surface area is 124 Å². The molecule has 0 fully saturated rings. The number of carbonyl (C=O) groups excluding carboxylic acids is 1. The van der Waals surface area contributed by atoms with E-state index in [0.29, 0.717) is 11.3 Å². The molecule has 0 atom stereocenters. The smallest absolute Gasteiger partial charge is 0.263 e. The minimum absolute atomic E-state index is 0.112. The second kappa shape index (κ2) is 5.65. The Balaban J connectivity index is 2.45. The highest BCUT2D eigenvalue weighted by Crippen LogP contribution is 2.24. The second-order valence-electron chi connectivity index (χ2n) is 4.53. The molecule has 5 nitrogen and oxygen atoms in total. The largest absolute Gasteiger partial charge is 0.466 e. The predicted molar refractivity (Wildman–Crippen MR) is 76.3 cm³/mol. The van der Waals surface area contributed by atoms with Crippen LogP contribution in [0.5, 0.6) is 0 Å². The molecular formula is C14H12ClFN2O3. The molecule has 2 aromatic rings. The molecule has 0 aliphatic carbocycles. The van der Waals surface area contributed by atoms with Crippen LogP contribution >= 0.6 is 11.6 Å². The molecule has 110 valence electrons. The molecular weight excluding hydrogens is 299 g/mol. The number of pyridine rings is 1. The molecule has 2 heterocycles. The van der Waals surface area contributed by atoms with Crippen LogP contribution in [0.1, 0.15) is 27.4 Å². The quantitative estimate of drug-likeness (QED) is 0.865. The van der Waals surface area contributed by atoms with Crippen LogP contribution in [0.2, 0.25) is 5.15 Å². The molecule has 21 heavy (non-hydrogen) atoms. The summed E-state index contributed by atoms with van der Waals surface area (Å²) in [4.78, 5) is 27.7. The van der Waals surface area contributed by atoms with E-state index < -0.39 is 17.2 Å². The highest BCUT2D eigenvalue weighted by Gasteiger charge is 2.20. The number of nitrogens with one attached hydrogen (secondary N) is 1. The van der Waals surface area contributed by atoms with Crippen LogP contribution < -0.4 is 10.7 Å². The summed E-state index contributed by atoms with van der Waals surface area (Å²) in [7, 11) is 0. The number of hydrogen-bond donors (Lipinski definition) is 1. The fourth-order valence-electron chi connectivity index (χ4n) is 1.90.